The summed E-state index contributed by atoms with van der Waals surface area (Å²) in [5, 5.41) is 4.79. The van der Waals surface area contributed by atoms with Gasteiger partial charge in [-0.1, -0.05) is 0 Å². The first-order chi connectivity index (χ1) is 11.8. The second-order valence-corrected chi connectivity index (χ2v) is 6.83. The Kier molecular flexibility index (Phi) is 5.01. The molecular formula is C17H17F3N2O2S. The van der Waals surface area contributed by atoms with Crippen LogP contribution in [0.2, 0.25) is 0 Å². The van der Waals surface area contributed by atoms with E-state index in [1.807, 2.05) is 6.92 Å². The molecule has 1 amide bonds. The number of benzene rings is 1. The van der Waals surface area contributed by atoms with Crippen LogP contribution in [0.25, 0.3) is 0 Å². The van der Waals surface area contributed by atoms with Crippen LogP contribution in [0.1, 0.15) is 17.4 Å². The van der Waals surface area contributed by atoms with E-state index in [1.54, 1.807) is 11.3 Å². The van der Waals surface area contributed by atoms with Crippen LogP contribution in [-0.4, -0.2) is 29.8 Å². The van der Waals surface area contributed by atoms with Gasteiger partial charge < -0.3 is 10.1 Å². The number of thiophene rings is 1. The van der Waals surface area contributed by atoms with Crippen LogP contribution >= 0.6 is 11.3 Å². The summed E-state index contributed by atoms with van der Waals surface area (Å²) >= 11 is 1.74. The molecule has 1 aromatic carbocycles. The van der Waals surface area contributed by atoms with Gasteiger partial charge in [-0.2, -0.15) is 0 Å². The van der Waals surface area contributed by atoms with Crippen LogP contribution in [-0.2, 0) is 17.8 Å². The SMILES string of the molecule is C[C@H](C(=O)Nc1ccc(OC(F)(F)F)cc1)N1CCc2sccc2C1. The fourth-order valence-electron chi connectivity index (χ4n) is 2.75. The van der Waals surface area contributed by atoms with E-state index < -0.39 is 6.36 Å². The van der Waals surface area contributed by atoms with Crippen LogP contribution in [0.15, 0.2) is 35.7 Å². The zero-order valence-corrected chi connectivity index (χ0v) is 14.3. The van der Waals surface area contributed by atoms with Gasteiger partial charge in [0.15, 0.2) is 0 Å². The van der Waals surface area contributed by atoms with E-state index in [0.717, 1.165) is 19.5 Å². The number of rotatable bonds is 4. The van der Waals surface area contributed by atoms with E-state index in [1.165, 1.54) is 34.7 Å². The van der Waals surface area contributed by atoms with Crippen LogP contribution in [0.4, 0.5) is 18.9 Å². The predicted octanol–water partition coefficient (Wildman–Crippen LogP) is 4.03. The molecule has 134 valence electrons. The molecule has 0 bridgehead atoms. The van der Waals surface area contributed by atoms with E-state index in [4.69, 9.17) is 0 Å². The summed E-state index contributed by atoms with van der Waals surface area (Å²) in [4.78, 5) is 15.9. The minimum absolute atomic E-state index is 0.192. The highest BCUT2D eigenvalue weighted by atomic mass is 32.1. The Bertz CT molecular complexity index is 743. The summed E-state index contributed by atoms with van der Waals surface area (Å²) in [5.74, 6) is -0.511. The van der Waals surface area contributed by atoms with Crippen molar-refractivity contribution in [1.82, 2.24) is 4.90 Å². The second-order valence-electron chi connectivity index (χ2n) is 5.83. The highest BCUT2D eigenvalue weighted by Gasteiger charge is 2.31. The average molecular weight is 370 g/mol. The number of ether oxygens (including phenoxy) is 1. The van der Waals surface area contributed by atoms with Gasteiger partial charge in [0.1, 0.15) is 5.75 Å². The molecule has 1 aliphatic heterocycles. The predicted molar refractivity (Wildman–Crippen MR) is 89.6 cm³/mol. The maximum atomic E-state index is 12.4. The summed E-state index contributed by atoms with van der Waals surface area (Å²) in [6.07, 6.45) is -3.80. The molecule has 1 atom stereocenters. The maximum Gasteiger partial charge on any atom is 0.573 e. The number of halogens is 3. The van der Waals surface area contributed by atoms with E-state index in [0.29, 0.717) is 5.69 Å². The number of amides is 1. The molecule has 1 N–H and O–H groups in total. The number of nitrogens with one attached hydrogen (secondary N) is 1. The average Bonchev–Trinajstić information content (AvgIpc) is 3.02. The van der Waals surface area contributed by atoms with E-state index in [9.17, 15) is 18.0 Å². The van der Waals surface area contributed by atoms with Crippen molar-refractivity contribution < 1.29 is 22.7 Å². The number of carbonyl (C=O) groups is 1. The van der Waals surface area contributed by atoms with Crippen molar-refractivity contribution in [3.05, 3.63) is 46.2 Å². The second kappa shape index (κ2) is 7.05. The molecule has 1 aromatic heterocycles. The van der Waals surface area contributed by atoms with Gasteiger partial charge >= 0.3 is 6.36 Å². The van der Waals surface area contributed by atoms with Gasteiger partial charge in [-0.25, -0.2) is 0 Å². The minimum Gasteiger partial charge on any atom is -0.406 e. The molecule has 0 saturated heterocycles. The first kappa shape index (κ1) is 17.8. The quantitative estimate of drug-likeness (QED) is 0.884. The summed E-state index contributed by atoms with van der Waals surface area (Å²) in [6, 6.07) is 6.87. The molecule has 0 fully saturated rings. The van der Waals surface area contributed by atoms with Gasteiger partial charge in [0.25, 0.3) is 0 Å². The first-order valence-electron chi connectivity index (χ1n) is 7.78. The molecule has 2 heterocycles. The van der Waals surface area contributed by atoms with Crippen LogP contribution in [0, 0.1) is 0 Å². The lowest BCUT2D eigenvalue weighted by atomic mass is 10.1. The monoisotopic (exact) mass is 370 g/mol. The number of anilines is 1. The van der Waals surface area contributed by atoms with Crippen molar-refractivity contribution in [1.29, 1.82) is 0 Å². The highest BCUT2D eigenvalue weighted by molar-refractivity contribution is 7.10. The van der Waals surface area contributed by atoms with Gasteiger partial charge in [0, 0.05) is 23.7 Å². The summed E-state index contributed by atoms with van der Waals surface area (Å²) in [7, 11) is 0. The minimum atomic E-state index is -4.73. The Labute approximate surface area is 147 Å². The molecule has 0 unspecified atom stereocenters. The fourth-order valence-corrected chi connectivity index (χ4v) is 3.64. The topological polar surface area (TPSA) is 41.6 Å². The Morgan fingerprint density at radius 3 is 2.68 bits per heavy atom. The third-order valence-corrected chi connectivity index (χ3v) is 5.14. The van der Waals surface area contributed by atoms with Gasteiger partial charge in [0.05, 0.1) is 6.04 Å². The molecule has 25 heavy (non-hydrogen) atoms. The van der Waals surface area contributed by atoms with Crippen molar-refractivity contribution in [2.45, 2.75) is 32.3 Å². The fraction of sp³-hybridized carbons (Fsp3) is 0.353. The number of nitrogens with zero attached hydrogens (tertiary/aromatic N) is 1. The smallest absolute Gasteiger partial charge is 0.406 e. The molecule has 2 aromatic rings. The summed E-state index contributed by atoms with van der Waals surface area (Å²) in [6.45, 7) is 3.36. The Balaban J connectivity index is 1.58. The van der Waals surface area contributed by atoms with E-state index >= 15 is 0 Å². The molecule has 1 aliphatic rings. The van der Waals surface area contributed by atoms with Crippen molar-refractivity contribution in [2.75, 3.05) is 11.9 Å². The maximum absolute atomic E-state index is 12.4. The van der Waals surface area contributed by atoms with Crippen LogP contribution in [0.5, 0.6) is 5.75 Å². The van der Waals surface area contributed by atoms with Gasteiger partial charge in [-0.15, -0.1) is 24.5 Å². The van der Waals surface area contributed by atoms with Gasteiger partial charge in [-0.05, 0) is 54.6 Å². The molecule has 4 nitrogen and oxygen atoms in total. The largest absolute Gasteiger partial charge is 0.573 e. The van der Waals surface area contributed by atoms with Crippen LogP contribution in [0.3, 0.4) is 0 Å². The van der Waals surface area contributed by atoms with Crippen LogP contribution < -0.4 is 10.1 Å². The third-order valence-electron chi connectivity index (χ3n) is 4.12. The Hall–Kier alpha value is -2.06. The summed E-state index contributed by atoms with van der Waals surface area (Å²) in [5.41, 5.74) is 1.68. The number of hydrogen-bond donors (Lipinski definition) is 1. The Morgan fingerprint density at radius 2 is 2.00 bits per heavy atom. The van der Waals surface area contributed by atoms with Crippen molar-refractivity contribution >= 4 is 22.9 Å². The molecule has 0 radical (unpaired) electrons. The lowest BCUT2D eigenvalue weighted by Gasteiger charge is -2.31. The molecule has 0 saturated carbocycles. The van der Waals surface area contributed by atoms with Crippen molar-refractivity contribution in [3.63, 3.8) is 0 Å². The molecule has 8 heteroatoms. The zero-order valence-electron chi connectivity index (χ0n) is 13.5. The molecule has 0 spiro atoms. The summed E-state index contributed by atoms with van der Waals surface area (Å²) < 4.78 is 40.3. The van der Waals surface area contributed by atoms with E-state index in [-0.39, 0.29) is 17.7 Å². The first-order valence-corrected chi connectivity index (χ1v) is 8.66. The third kappa shape index (κ3) is 4.52. The lowest BCUT2D eigenvalue weighted by Crippen LogP contribution is -2.44. The van der Waals surface area contributed by atoms with Crippen molar-refractivity contribution in [2.24, 2.45) is 0 Å². The number of carbonyl (C=O) groups excluding carboxylic acids is 1. The number of hydrogen-bond acceptors (Lipinski definition) is 4. The number of fused-ring (bicyclic) bond motifs is 1. The van der Waals surface area contributed by atoms with Gasteiger partial charge in [-0.3, -0.25) is 9.69 Å². The Morgan fingerprint density at radius 1 is 1.28 bits per heavy atom. The molecule has 3 rings (SSSR count). The van der Waals surface area contributed by atoms with Gasteiger partial charge in [0.2, 0.25) is 5.91 Å². The lowest BCUT2D eigenvalue weighted by molar-refractivity contribution is -0.274. The standard InChI is InChI=1S/C17H17F3N2O2S/c1-11(22-8-6-15-12(10-22)7-9-25-15)16(23)21-13-2-4-14(5-3-13)24-17(18,19)20/h2-5,7,9,11H,6,8,10H2,1H3,(H,21,23)/t11-/m1/s1. The highest BCUT2D eigenvalue weighted by Crippen LogP contribution is 2.26. The number of alkyl halides is 3. The molecule has 0 aliphatic carbocycles. The van der Waals surface area contributed by atoms with E-state index in [2.05, 4.69) is 26.4 Å². The van der Waals surface area contributed by atoms with Crippen molar-refractivity contribution in [3.8, 4) is 5.75 Å². The normalized spacial score (nSPS) is 16.2. The molecular weight excluding hydrogens is 353 g/mol. The zero-order chi connectivity index (χ0) is 18.0.